The van der Waals surface area contributed by atoms with E-state index < -0.39 is 0 Å². The number of ether oxygens (including phenoxy) is 2. The molecule has 0 spiro atoms. The Hall–Kier alpha value is -0.720. The maximum atomic E-state index is 12.6. The Kier molecular flexibility index (Phi) is 9.18. The summed E-state index contributed by atoms with van der Waals surface area (Å²) in [4.78, 5) is 16.9. The molecule has 31 heavy (non-hydrogen) atoms. The van der Waals surface area contributed by atoms with Crippen LogP contribution in [0.5, 0.6) is 5.75 Å². The molecule has 3 aliphatic rings. The van der Waals surface area contributed by atoms with E-state index in [4.69, 9.17) is 32.7 Å². The third kappa shape index (κ3) is 6.20. The van der Waals surface area contributed by atoms with E-state index in [1.54, 1.807) is 0 Å². The molecule has 1 amide bonds. The molecule has 2 aliphatic heterocycles. The van der Waals surface area contributed by atoms with Crippen molar-refractivity contribution < 1.29 is 14.3 Å². The SMILES string of the molecule is CN(C[C@H]1C[C@H](Oc2ccc(Cl)c(CN3CCCC3)c2Cl)C1)C(=O)C1CCOCC1.Cl. The van der Waals surface area contributed by atoms with E-state index in [1.807, 2.05) is 24.1 Å². The zero-order chi connectivity index (χ0) is 21.1. The Balaban J connectivity index is 0.00000272. The molecule has 3 fully saturated rings. The van der Waals surface area contributed by atoms with E-state index in [9.17, 15) is 4.79 Å². The number of amides is 1. The van der Waals surface area contributed by atoms with Crippen molar-refractivity contribution in [3.05, 3.63) is 27.7 Å². The van der Waals surface area contributed by atoms with Crippen LogP contribution in [0.1, 0.15) is 44.1 Å². The second-order valence-electron chi connectivity index (χ2n) is 9.00. The third-order valence-electron chi connectivity index (χ3n) is 6.70. The highest BCUT2D eigenvalue weighted by molar-refractivity contribution is 6.36. The molecule has 0 radical (unpaired) electrons. The van der Waals surface area contributed by atoms with Crippen molar-refractivity contribution >= 4 is 41.5 Å². The summed E-state index contributed by atoms with van der Waals surface area (Å²) in [5.74, 6) is 1.59. The number of likely N-dealkylation sites (tertiary alicyclic amines) is 1. The Morgan fingerprint density at radius 1 is 1.19 bits per heavy atom. The zero-order valence-electron chi connectivity index (χ0n) is 18.2. The van der Waals surface area contributed by atoms with Crippen LogP contribution in [-0.2, 0) is 16.1 Å². The van der Waals surface area contributed by atoms with Gasteiger partial charge >= 0.3 is 0 Å². The Labute approximate surface area is 201 Å². The fourth-order valence-corrected chi connectivity index (χ4v) is 5.34. The van der Waals surface area contributed by atoms with Crippen LogP contribution in [0, 0.1) is 11.8 Å². The van der Waals surface area contributed by atoms with Gasteiger partial charge in [-0.1, -0.05) is 23.2 Å². The highest BCUT2D eigenvalue weighted by Gasteiger charge is 2.34. The largest absolute Gasteiger partial charge is 0.489 e. The lowest BCUT2D eigenvalue weighted by Crippen LogP contribution is -2.44. The number of carbonyl (C=O) groups excluding carboxylic acids is 1. The summed E-state index contributed by atoms with van der Waals surface area (Å²) >= 11 is 13.1. The van der Waals surface area contributed by atoms with Crippen LogP contribution in [0.15, 0.2) is 12.1 Å². The molecule has 2 heterocycles. The molecular weight excluding hydrogens is 459 g/mol. The van der Waals surface area contributed by atoms with Crippen molar-refractivity contribution in [3.63, 3.8) is 0 Å². The van der Waals surface area contributed by atoms with Crippen LogP contribution >= 0.6 is 35.6 Å². The number of halogens is 3. The van der Waals surface area contributed by atoms with Crippen molar-refractivity contribution in [2.45, 2.75) is 51.2 Å². The third-order valence-corrected chi connectivity index (χ3v) is 7.46. The molecule has 1 aromatic carbocycles. The molecule has 0 unspecified atom stereocenters. The summed E-state index contributed by atoms with van der Waals surface area (Å²) in [6.45, 7) is 5.17. The van der Waals surface area contributed by atoms with E-state index in [0.717, 1.165) is 63.2 Å². The minimum Gasteiger partial charge on any atom is -0.489 e. The molecule has 1 aromatic rings. The van der Waals surface area contributed by atoms with E-state index in [2.05, 4.69) is 4.90 Å². The first-order valence-corrected chi connectivity index (χ1v) is 12.0. The lowest BCUT2D eigenvalue weighted by Gasteiger charge is -2.38. The molecule has 1 saturated carbocycles. The summed E-state index contributed by atoms with van der Waals surface area (Å²) in [5, 5.41) is 1.35. The van der Waals surface area contributed by atoms with Gasteiger partial charge in [-0.2, -0.15) is 0 Å². The number of hydrogen-bond donors (Lipinski definition) is 0. The minimum atomic E-state index is 0. The van der Waals surface area contributed by atoms with Gasteiger partial charge in [0.15, 0.2) is 0 Å². The van der Waals surface area contributed by atoms with E-state index >= 15 is 0 Å². The lowest BCUT2D eigenvalue weighted by molar-refractivity contribution is -0.138. The van der Waals surface area contributed by atoms with Gasteiger partial charge in [0.1, 0.15) is 5.75 Å². The average Bonchev–Trinajstić information content (AvgIpc) is 3.24. The van der Waals surface area contributed by atoms with Crippen LogP contribution in [0.3, 0.4) is 0 Å². The summed E-state index contributed by atoms with van der Waals surface area (Å²) in [5.41, 5.74) is 0.968. The fraction of sp³-hybridized carbons (Fsp3) is 0.696. The molecule has 4 rings (SSSR count). The smallest absolute Gasteiger partial charge is 0.225 e. The first-order valence-electron chi connectivity index (χ1n) is 11.2. The predicted molar refractivity (Wildman–Crippen MR) is 127 cm³/mol. The molecular formula is C23H33Cl3N2O3. The zero-order valence-corrected chi connectivity index (χ0v) is 20.5. The van der Waals surface area contributed by atoms with E-state index in [1.165, 1.54) is 12.8 Å². The monoisotopic (exact) mass is 490 g/mol. The number of benzene rings is 1. The molecule has 0 N–H and O–H groups in total. The topological polar surface area (TPSA) is 42.0 Å². The first-order chi connectivity index (χ1) is 14.5. The second-order valence-corrected chi connectivity index (χ2v) is 9.79. The number of carbonyl (C=O) groups is 1. The van der Waals surface area contributed by atoms with Crippen molar-refractivity contribution in [3.8, 4) is 5.75 Å². The van der Waals surface area contributed by atoms with Crippen LogP contribution in [0.4, 0.5) is 0 Å². The van der Waals surface area contributed by atoms with Gasteiger partial charge in [0.25, 0.3) is 0 Å². The Morgan fingerprint density at radius 2 is 1.87 bits per heavy atom. The quantitative estimate of drug-likeness (QED) is 0.535. The Morgan fingerprint density at radius 3 is 2.55 bits per heavy atom. The van der Waals surface area contributed by atoms with Gasteiger partial charge in [0, 0.05) is 49.9 Å². The van der Waals surface area contributed by atoms with E-state index in [0.29, 0.717) is 29.2 Å². The van der Waals surface area contributed by atoms with Gasteiger partial charge in [-0.05, 0) is 69.7 Å². The molecule has 0 aromatic heterocycles. The highest BCUT2D eigenvalue weighted by Crippen LogP contribution is 2.39. The van der Waals surface area contributed by atoms with Crippen LogP contribution in [0.25, 0.3) is 0 Å². The molecule has 5 nitrogen and oxygen atoms in total. The number of rotatable bonds is 7. The molecule has 1 aliphatic carbocycles. The van der Waals surface area contributed by atoms with Crippen molar-refractivity contribution in [2.24, 2.45) is 11.8 Å². The highest BCUT2D eigenvalue weighted by atomic mass is 35.5. The second kappa shape index (κ2) is 11.4. The molecule has 0 bridgehead atoms. The van der Waals surface area contributed by atoms with Gasteiger partial charge in [-0.3, -0.25) is 9.69 Å². The molecule has 8 heteroatoms. The average molecular weight is 492 g/mol. The van der Waals surface area contributed by atoms with Crippen LogP contribution < -0.4 is 4.74 Å². The van der Waals surface area contributed by atoms with Gasteiger partial charge in [-0.15, -0.1) is 12.4 Å². The first kappa shape index (κ1) is 24.9. The summed E-state index contributed by atoms with van der Waals surface area (Å²) in [6, 6.07) is 3.77. The fourth-order valence-electron chi connectivity index (χ4n) is 4.81. The van der Waals surface area contributed by atoms with Gasteiger partial charge in [-0.25, -0.2) is 0 Å². The van der Waals surface area contributed by atoms with Gasteiger partial charge in [0.05, 0.1) is 11.1 Å². The van der Waals surface area contributed by atoms with Gasteiger partial charge < -0.3 is 14.4 Å². The van der Waals surface area contributed by atoms with Crippen molar-refractivity contribution in [1.82, 2.24) is 9.80 Å². The molecule has 174 valence electrons. The molecule has 2 saturated heterocycles. The number of hydrogen-bond acceptors (Lipinski definition) is 4. The predicted octanol–water partition coefficient (Wildman–Crippen LogP) is 5.05. The standard InChI is InChI=1S/C23H32Cl2N2O3.ClH/c1-26(23(28)17-6-10-29-11-7-17)14-16-12-18(13-16)30-21-5-4-20(24)19(22(21)25)15-27-8-2-3-9-27;/h4-5,16-18H,2-3,6-15H2,1H3;1H/t16-,18-;. The van der Waals surface area contributed by atoms with E-state index in [-0.39, 0.29) is 30.3 Å². The van der Waals surface area contributed by atoms with Gasteiger partial charge in [0.2, 0.25) is 5.91 Å². The minimum absolute atomic E-state index is 0. The van der Waals surface area contributed by atoms with Crippen LogP contribution in [-0.4, -0.2) is 61.7 Å². The summed E-state index contributed by atoms with van der Waals surface area (Å²) in [7, 11) is 1.92. The maximum Gasteiger partial charge on any atom is 0.225 e. The normalized spacial score (nSPS) is 24.4. The summed E-state index contributed by atoms with van der Waals surface area (Å²) in [6.07, 6.45) is 6.21. The molecule has 0 atom stereocenters. The summed E-state index contributed by atoms with van der Waals surface area (Å²) < 4.78 is 11.6. The van der Waals surface area contributed by atoms with Crippen molar-refractivity contribution in [1.29, 1.82) is 0 Å². The van der Waals surface area contributed by atoms with Crippen LogP contribution in [0.2, 0.25) is 10.0 Å². The Bertz CT molecular complexity index is 746. The van der Waals surface area contributed by atoms with Crippen molar-refractivity contribution in [2.75, 3.05) is 39.9 Å². The maximum absolute atomic E-state index is 12.6. The lowest BCUT2D eigenvalue weighted by atomic mass is 9.81. The number of nitrogens with zero attached hydrogens (tertiary/aromatic N) is 2.